The number of benzene rings is 1. The van der Waals surface area contributed by atoms with Gasteiger partial charge in [0.1, 0.15) is 6.10 Å². The smallest absolute Gasteiger partial charge is 0.335 e. The van der Waals surface area contributed by atoms with Crippen LogP contribution in [0.15, 0.2) is 18.2 Å². The van der Waals surface area contributed by atoms with Crippen LogP contribution >= 0.6 is 0 Å². The van der Waals surface area contributed by atoms with E-state index in [1.165, 1.54) is 0 Å². The molecule has 0 bridgehead atoms. The quantitative estimate of drug-likeness (QED) is 0.902. The van der Waals surface area contributed by atoms with Gasteiger partial charge in [0.05, 0.1) is 11.7 Å². The minimum atomic E-state index is -0.903. The van der Waals surface area contributed by atoms with Crippen LogP contribution in [0, 0.1) is 0 Å². The number of carboxylic acid groups (broad SMARTS) is 1. The van der Waals surface area contributed by atoms with Crippen LogP contribution in [0.2, 0.25) is 0 Å². The Kier molecular flexibility index (Phi) is 3.68. The van der Waals surface area contributed by atoms with Gasteiger partial charge in [-0.1, -0.05) is 12.1 Å². The molecule has 2 aliphatic heterocycles. The van der Waals surface area contributed by atoms with E-state index in [0.717, 1.165) is 24.0 Å². The average molecular weight is 289 g/mol. The summed E-state index contributed by atoms with van der Waals surface area (Å²) >= 11 is 0. The first-order chi connectivity index (χ1) is 10.1. The van der Waals surface area contributed by atoms with Crippen molar-refractivity contribution in [2.24, 2.45) is 0 Å². The summed E-state index contributed by atoms with van der Waals surface area (Å²) < 4.78 is 5.64. The summed E-state index contributed by atoms with van der Waals surface area (Å²) in [5.41, 5.74) is 2.14. The molecule has 1 N–H and O–H groups in total. The third-order valence-corrected chi connectivity index (χ3v) is 4.32. The zero-order chi connectivity index (χ0) is 15.0. The van der Waals surface area contributed by atoms with Crippen molar-refractivity contribution in [2.75, 3.05) is 6.54 Å². The lowest BCUT2D eigenvalue weighted by Gasteiger charge is -2.31. The number of amides is 1. The van der Waals surface area contributed by atoms with Gasteiger partial charge in [-0.3, -0.25) is 4.79 Å². The van der Waals surface area contributed by atoms with Crippen molar-refractivity contribution in [3.63, 3.8) is 0 Å². The van der Waals surface area contributed by atoms with E-state index < -0.39 is 5.97 Å². The van der Waals surface area contributed by atoms with Gasteiger partial charge in [-0.15, -0.1) is 0 Å². The van der Waals surface area contributed by atoms with Gasteiger partial charge in [0, 0.05) is 13.1 Å². The monoisotopic (exact) mass is 289 g/mol. The first-order valence-corrected chi connectivity index (χ1v) is 7.34. The number of hydrogen-bond donors (Lipinski definition) is 1. The molecule has 2 aliphatic rings. The molecule has 1 aromatic carbocycles. The van der Waals surface area contributed by atoms with Crippen molar-refractivity contribution in [3.8, 4) is 0 Å². The van der Waals surface area contributed by atoms with Gasteiger partial charge in [-0.25, -0.2) is 4.79 Å². The molecule has 1 saturated heterocycles. The fourth-order valence-corrected chi connectivity index (χ4v) is 3.19. The summed E-state index contributed by atoms with van der Waals surface area (Å²) in [7, 11) is 0. The molecule has 1 amide bonds. The third-order valence-electron chi connectivity index (χ3n) is 4.32. The van der Waals surface area contributed by atoms with Crippen molar-refractivity contribution < 1.29 is 19.4 Å². The Morgan fingerprint density at radius 1 is 1.33 bits per heavy atom. The van der Waals surface area contributed by atoms with Crippen LogP contribution in [0.5, 0.6) is 0 Å². The molecule has 5 heteroatoms. The van der Waals surface area contributed by atoms with Crippen LogP contribution in [0.25, 0.3) is 0 Å². The predicted molar refractivity (Wildman–Crippen MR) is 76.1 cm³/mol. The second-order valence-corrected chi connectivity index (χ2v) is 5.77. The molecule has 1 fully saturated rings. The van der Waals surface area contributed by atoms with Crippen LogP contribution in [0.3, 0.4) is 0 Å². The molecule has 0 spiro atoms. The summed E-state index contributed by atoms with van der Waals surface area (Å²) in [4.78, 5) is 25.5. The molecule has 3 rings (SSSR count). The zero-order valence-corrected chi connectivity index (χ0v) is 12.0. The van der Waals surface area contributed by atoms with E-state index in [0.29, 0.717) is 25.1 Å². The van der Waals surface area contributed by atoms with Gasteiger partial charge < -0.3 is 14.7 Å². The van der Waals surface area contributed by atoms with Crippen molar-refractivity contribution in [1.29, 1.82) is 0 Å². The first-order valence-electron chi connectivity index (χ1n) is 7.34. The molecule has 1 aromatic rings. The lowest BCUT2D eigenvalue weighted by atomic mass is 9.94. The van der Waals surface area contributed by atoms with Gasteiger partial charge in [0.15, 0.2) is 0 Å². The van der Waals surface area contributed by atoms with E-state index in [-0.39, 0.29) is 18.1 Å². The van der Waals surface area contributed by atoms with Gasteiger partial charge in [-0.2, -0.15) is 0 Å². The van der Waals surface area contributed by atoms with Gasteiger partial charge in [0.2, 0.25) is 0 Å². The van der Waals surface area contributed by atoms with Gasteiger partial charge in [0.25, 0.3) is 5.91 Å². The Morgan fingerprint density at radius 3 is 2.81 bits per heavy atom. The molecule has 0 saturated carbocycles. The number of aromatic carboxylic acids is 1. The van der Waals surface area contributed by atoms with Gasteiger partial charge >= 0.3 is 5.97 Å². The van der Waals surface area contributed by atoms with Gasteiger partial charge in [-0.05, 0) is 43.4 Å². The maximum atomic E-state index is 12.5. The highest BCUT2D eigenvalue weighted by atomic mass is 16.5. The maximum absolute atomic E-state index is 12.5. The molecule has 2 atom stereocenters. The summed E-state index contributed by atoms with van der Waals surface area (Å²) in [5.74, 6) is -0.870. The largest absolute Gasteiger partial charge is 0.478 e. The zero-order valence-electron chi connectivity index (χ0n) is 12.0. The standard InChI is InChI=1S/C16H19NO4/c1-10-5-6-14(21-10)15(18)17-8-7-12-11(9-17)3-2-4-13(12)16(19)20/h2-4,10,14H,5-9H2,1H3,(H,19,20). The molecule has 112 valence electrons. The second-order valence-electron chi connectivity index (χ2n) is 5.77. The first kappa shape index (κ1) is 14.1. The minimum absolute atomic E-state index is 0.0331. The number of fused-ring (bicyclic) bond motifs is 1. The Labute approximate surface area is 123 Å². The molecule has 5 nitrogen and oxygen atoms in total. The molecule has 0 aliphatic carbocycles. The third kappa shape index (κ3) is 2.65. The molecule has 2 unspecified atom stereocenters. The highest BCUT2D eigenvalue weighted by molar-refractivity contribution is 5.90. The number of ether oxygens (including phenoxy) is 1. The van der Waals surface area contributed by atoms with E-state index in [2.05, 4.69) is 0 Å². The van der Waals surface area contributed by atoms with Crippen molar-refractivity contribution in [1.82, 2.24) is 4.90 Å². The Bertz CT molecular complexity index is 584. The van der Waals surface area contributed by atoms with E-state index in [4.69, 9.17) is 4.74 Å². The second kappa shape index (κ2) is 5.48. The van der Waals surface area contributed by atoms with Crippen molar-refractivity contribution in [3.05, 3.63) is 34.9 Å². The average Bonchev–Trinajstić information content (AvgIpc) is 2.91. The van der Waals surface area contributed by atoms with E-state index >= 15 is 0 Å². The number of rotatable bonds is 2. The van der Waals surface area contributed by atoms with Crippen molar-refractivity contribution in [2.45, 2.75) is 44.9 Å². The highest BCUT2D eigenvalue weighted by Crippen LogP contribution is 2.26. The fourth-order valence-electron chi connectivity index (χ4n) is 3.19. The van der Waals surface area contributed by atoms with Crippen molar-refractivity contribution >= 4 is 11.9 Å². The molecule has 21 heavy (non-hydrogen) atoms. The summed E-state index contributed by atoms with van der Waals surface area (Å²) in [6.45, 7) is 3.02. The molecule has 0 radical (unpaired) electrons. The molecular weight excluding hydrogens is 270 g/mol. The van der Waals surface area contributed by atoms with Crippen LogP contribution in [-0.4, -0.2) is 40.6 Å². The number of nitrogens with zero attached hydrogens (tertiary/aromatic N) is 1. The molecule has 2 heterocycles. The van der Waals surface area contributed by atoms with Crippen LogP contribution in [0.4, 0.5) is 0 Å². The summed E-state index contributed by atoms with van der Waals surface area (Å²) in [5, 5.41) is 9.22. The number of carbonyl (C=O) groups is 2. The van der Waals surface area contributed by atoms with E-state index in [9.17, 15) is 14.7 Å². The Morgan fingerprint density at radius 2 is 2.14 bits per heavy atom. The van der Waals surface area contributed by atoms with E-state index in [1.807, 2.05) is 13.0 Å². The Balaban J connectivity index is 1.77. The number of carbonyl (C=O) groups excluding carboxylic acids is 1. The topological polar surface area (TPSA) is 66.8 Å². The molecular formula is C16H19NO4. The SMILES string of the molecule is CC1CCC(C(=O)N2CCc3c(cccc3C(=O)O)C2)O1. The van der Waals surface area contributed by atoms with Crippen LogP contribution in [-0.2, 0) is 22.5 Å². The summed E-state index contributed by atoms with van der Waals surface area (Å²) in [6.07, 6.45) is 2.10. The lowest BCUT2D eigenvalue weighted by molar-refractivity contribution is -0.143. The Hall–Kier alpha value is -1.88. The van der Waals surface area contributed by atoms with E-state index in [1.54, 1.807) is 17.0 Å². The summed E-state index contributed by atoms with van der Waals surface area (Å²) in [6, 6.07) is 5.27. The van der Waals surface area contributed by atoms with Crippen LogP contribution < -0.4 is 0 Å². The fraction of sp³-hybridized carbons (Fsp3) is 0.500. The lowest BCUT2D eigenvalue weighted by Crippen LogP contribution is -2.42. The number of hydrogen-bond acceptors (Lipinski definition) is 3. The normalized spacial score (nSPS) is 24.7. The highest BCUT2D eigenvalue weighted by Gasteiger charge is 2.33. The van der Waals surface area contributed by atoms with Crippen LogP contribution in [0.1, 0.15) is 41.3 Å². The molecule has 0 aromatic heterocycles. The predicted octanol–water partition coefficient (Wildman–Crippen LogP) is 1.84. The number of carboxylic acids is 1. The minimum Gasteiger partial charge on any atom is -0.478 e. The maximum Gasteiger partial charge on any atom is 0.335 e.